The highest BCUT2D eigenvalue weighted by molar-refractivity contribution is 6.35. The highest BCUT2D eigenvalue weighted by atomic mass is 16.5. The molecule has 0 saturated carbocycles. The largest absolute Gasteiger partial charge is 0.436 e. The first-order valence-electron chi connectivity index (χ1n) is 6.26. The SMILES string of the molecule is N#CC(OC(=O)C(=O)[C@@H](O)[C@H](O)[C@@H](O)CO)c1ccccc1. The van der Waals surface area contributed by atoms with Crippen LogP contribution in [-0.4, -0.2) is 57.1 Å². The fourth-order valence-electron chi connectivity index (χ4n) is 1.56. The van der Waals surface area contributed by atoms with E-state index in [4.69, 9.17) is 15.5 Å². The van der Waals surface area contributed by atoms with Crippen LogP contribution < -0.4 is 0 Å². The average Bonchev–Trinajstić information content (AvgIpc) is 2.57. The predicted molar refractivity (Wildman–Crippen MR) is 71.0 cm³/mol. The number of esters is 1. The molecule has 0 aliphatic rings. The Bertz CT molecular complexity index is 554. The number of hydrogen-bond donors (Lipinski definition) is 4. The summed E-state index contributed by atoms with van der Waals surface area (Å²) in [7, 11) is 0. The predicted octanol–water partition coefficient (Wildman–Crippen LogP) is -1.56. The van der Waals surface area contributed by atoms with Gasteiger partial charge in [0, 0.05) is 5.56 Å². The maximum atomic E-state index is 11.6. The van der Waals surface area contributed by atoms with Crippen molar-refractivity contribution in [3.05, 3.63) is 35.9 Å². The van der Waals surface area contributed by atoms with E-state index in [0.29, 0.717) is 5.56 Å². The van der Waals surface area contributed by atoms with Crippen LogP contribution in [0.3, 0.4) is 0 Å². The van der Waals surface area contributed by atoms with Crippen LogP contribution in [0.25, 0.3) is 0 Å². The van der Waals surface area contributed by atoms with E-state index >= 15 is 0 Å². The summed E-state index contributed by atoms with van der Waals surface area (Å²) < 4.78 is 4.67. The fourth-order valence-corrected chi connectivity index (χ4v) is 1.56. The van der Waals surface area contributed by atoms with Crippen LogP contribution in [-0.2, 0) is 14.3 Å². The lowest BCUT2D eigenvalue weighted by atomic mass is 10.0. The van der Waals surface area contributed by atoms with Crippen molar-refractivity contribution in [3.8, 4) is 6.07 Å². The number of hydrogen-bond acceptors (Lipinski definition) is 8. The molecule has 0 amide bonds. The number of benzene rings is 1. The van der Waals surface area contributed by atoms with Gasteiger partial charge in [-0.05, 0) is 0 Å². The lowest BCUT2D eigenvalue weighted by Gasteiger charge is -2.20. The van der Waals surface area contributed by atoms with Gasteiger partial charge in [-0.1, -0.05) is 30.3 Å². The van der Waals surface area contributed by atoms with Crippen molar-refractivity contribution in [1.29, 1.82) is 5.26 Å². The zero-order valence-corrected chi connectivity index (χ0v) is 11.4. The monoisotopic (exact) mass is 309 g/mol. The first-order valence-corrected chi connectivity index (χ1v) is 6.26. The Morgan fingerprint density at radius 1 is 1.18 bits per heavy atom. The van der Waals surface area contributed by atoms with Gasteiger partial charge in [-0.15, -0.1) is 0 Å². The Morgan fingerprint density at radius 2 is 1.77 bits per heavy atom. The maximum absolute atomic E-state index is 11.6. The molecule has 1 aromatic carbocycles. The van der Waals surface area contributed by atoms with Gasteiger partial charge in [-0.2, -0.15) is 5.26 Å². The second-order valence-corrected chi connectivity index (χ2v) is 4.37. The topological polar surface area (TPSA) is 148 Å². The number of rotatable bonds is 7. The van der Waals surface area contributed by atoms with Gasteiger partial charge >= 0.3 is 5.97 Å². The van der Waals surface area contributed by atoms with Gasteiger partial charge in [0.2, 0.25) is 6.10 Å². The molecule has 0 aromatic heterocycles. The number of carbonyl (C=O) groups is 2. The first kappa shape index (κ1) is 17.7. The number of nitriles is 1. The third-order valence-electron chi connectivity index (χ3n) is 2.82. The molecule has 4 atom stereocenters. The second-order valence-electron chi connectivity index (χ2n) is 4.37. The van der Waals surface area contributed by atoms with Gasteiger partial charge in [-0.25, -0.2) is 4.79 Å². The van der Waals surface area contributed by atoms with Gasteiger partial charge in [0.05, 0.1) is 6.61 Å². The van der Waals surface area contributed by atoms with Crippen molar-refractivity contribution >= 4 is 11.8 Å². The molecule has 0 fully saturated rings. The van der Waals surface area contributed by atoms with E-state index in [2.05, 4.69) is 4.74 Å². The Morgan fingerprint density at radius 3 is 2.27 bits per heavy atom. The zero-order valence-electron chi connectivity index (χ0n) is 11.4. The quantitative estimate of drug-likeness (QED) is 0.349. The second kappa shape index (κ2) is 8.21. The number of nitrogens with zero attached hydrogens (tertiary/aromatic N) is 1. The molecule has 1 rings (SSSR count). The van der Waals surface area contributed by atoms with Crippen LogP contribution in [0.4, 0.5) is 0 Å². The van der Waals surface area contributed by atoms with E-state index in [9.17, 15) is 19.8 Å². The smallest absolute Gasteiger partial charge is 0.379 e. The first-order chi connectivity index (χ1) is 10.4. The molecular weight excluding hydrogens is 294 g/mol. The fraction of sp³-hybridized carbons (Fsp3) is 0.357. The minimum absolute atomic E-state index is 0.330. The summed E-state index contributed by atoms with van der Waals surface area (Å²) in [5.41, 5.74) is 0.330. The van der Waals surface area contributed by atoms with Crippen LogP contribution in [0.5, 0.6) is 0 Å². The van der Waals surface area contributed by atoms with Crippen molar-refractivity contribution in [2.75, 3.05) is 6.61 Å². The molecule has 118 valence electrons. The highest BCUT2D eigenvalue weighted by Gasteiger charge is 2.35. The minimum atomic E-state index is -2.27. The number of aliphatic hydroxyl groups excluding tert-OH is 4. The lowest BCUT2D eigenvalue weighted by Crippen LogP contribution is -2.46. The summed E-state index contributed by atoms with van der Waals surface area (Å²) in [5.74, 6) is -3.07. The zero-order chi connectivity index (χ0) is 16.7. The third-order valence-corrected chi connectivity index (χ3v) is 2.82. The molecule has 0 radical (unpaired) electrons. The van der Waals surface area contributed by atoms with Crippen molar-refractivity contribution in [1.82, 2.24) is 0 Å². The normalized spacial score (nSPS) is 16.0. The number of Topliss-reactive ketones (excluding diaryl/α,β-unsaturated/α-hetero) is 1. The minimum Gasteiger partial charge on any atom is -0.436 e. The number of aliphatic hydroxyl groups is 4. The van der Waals surface area contributed by atoms with Gasteiger partial charge in [0.1, 0.15) is 18.3 Å². The summed E-state index contributed by atoms with van der Waals surface area (Å²) in [4.78, 5) is 23.2. The van der Waals surface area contributed by atoms with E-state index in [1.54, 1.807) is 24.3 Å². The summed E-state index contributed by atoms with van der Waals surface area (Å²) >= 11 is 0. The lowest BCUT2D eigenvalue weighted by molar-refractivity contribution is -0.165. The Labute approximate surface area is 125 Å². The van der Waals surface area contributed by atoms with Crippen LogP contribution >= 0.6 is 0 Å². The maximum Gasteiger partial charge on any atom is 0.379 e. The molecule has 0 bridgehead atoms. The summed E-state index contributed by atoms with van der Waals surface area (Å²) in [6, 6.07) is 9.58. The van der Waals surface area contributed by atoms with Crippen molar-refractivity contribution in [2.45, 2.75) is 24.4 Å². The van der Waals surface area contributed by atoms with Gasteiger partial charge in [0.15, 0.2) is 6.10 Å². The van der Waals surface area contributed by atoms with Crippen LogP contribution in [0.2, 0.25) is 0 Å². The molecule has 22 heavy (non-hydrogen) atoms. The average molecular weight is 309 g/mol. The summed E-state index contributed by atoms with van der Waals surface area (Å²) in [5, 5.41) is 45.5. The van der Waals surface area contributed by atoms with Crippen molar-refractivity contribution < 1.29 is 34.8 Å². The van der Waals surface area contributed by atoms with E-state index in [1.807, 2.05) is 0 Å². The third kappa shape index (κ3) is 4.34. The molecule has 0 heterocycles. The van der Waals surface area contributed by atoms with Gasteiger partial charge in [0.25, 0.3) is 5.78 Å². The van der Waals surface area contributed by atoms with Crippen LogP contribution in [0, 0.1) is 11.3 Å². The van der Waals surface area contributed by atoms with E-state index in [-0.39, 0.29) is 0 Å². The van der Waals surface area contributed by atoms with E-state index in [0.717, 1.165) is 0 Å². The molecule has 1 unspecified atom stereocenters. The van der Waals surface area contributed by atoms with Crippen LogP contribution in [0.1, 0.15) is 11.7 Å². The highest BCUT2D eigenvalue weighted by Crippen LogP contribution is 2.17. The van der Waals surface area contributed by atoms with Crippen LogP contribution in [0.15, 0.2) is 30.3 Å². The van der Waals surface area contributed by atoms with Gasteiger partial charge < -0.3 is 25.2 Å². The standard InChI is InChI=1S/C14H15NO7/c15-6-10(8-4-2-1-3-5-8)22-14(21)13(20)12(19)11(18)9(17)7-16/h1-5,9-12,16-19H,7H2/t9-,10?,11+,12-/m0/s1. The summed E-state index contributed by atoms with van der Waals surface area (Å²) in [6.07, 6.45) is -7.48. The van der Waals surface area contributed by atoms with E-state index < -0.39 is 42.8 Å². The Kier molecular flexibility index (Phi) is 6.62. The molecule has 0 spiro atoms. The van der Waals surface area contributed by atoms with Crippen molar-refractivity contribution in [2.24, 2.45) is 0 Å². The van der Waals surface area contributed by atoms with Crippen molar-refractivity contribution in [3.63, 3.8) is 0 Å². The molecule has 0 saturated heterocycles. The van der Waals surface area contributed by atoms with E-state index in [1.165, 1.54) is 12.1 Å². The number of ketones is 1. The molecule has 8 nitrogen and oxygen atoms in total. The number of carbonyl (C=O) groups excluding carboxylic acids is 2. The molecular formula is C14H15NO7. The molecule has 1 aromatic rings. The van der Waals surface area contributed by atoms with Gasteiger partial charge in [-0.3, -0.25) is 4.79 Å². The molecule has 8 heteroatoms. The Balaban J connectivity index is 2.75. The molecule has 0 aliphatic heterocycles. The number of ether oxygens (including phenoxy) is 1. The molecule has 4 N–H and O–H groups in total. The Hall–Kier alpha value is -2.31. The molecule has 0 aliphatic carbocycles. The summed E-state index contributed by atoms with van der Waals surface area (Å²) in [6.45, 7) is -0.911.